The average molecular weight is 468 g/mol. The zero-order valence-electron chi connectivity index (χ0n) is 19.5. The summed E-state index contributed by atoms with van der Waals surface area (Å²) in [5.41, 5.74) is 5.38. The van der Waals surface area contributed by atoms with Gasteiger partial charge >= 0.3 is 5.97 Å². The Bertz CT molecular complexity index is 1440. The molecule has 4 aromatic rings. The lowest BCUT2D eigenvalue weighted by atomic mass is 9.86. The van der Waals surface area contributed by atoms with Crippen LogP contribution in [0.25, 0.3) is 22.6 Å². The molecule has 1 fully saturated rings. The normalized spacial score (nSPS) is 16.3. The first kappa shape index (κ1) is 21.5. The third-order valence-electron chi connectivity index (χ3n) is 6.62. The van der Waals surface area contributed by atoms with E-state index in [9.17, 15) is 4.79 Å². The van der Waals surface area contributed by atoms with Crippen LogP contribution in [0.2, 0.25) is 0 Å². The number of benzene rings is 2. The fraction of sp³-hybridized carbons (Fsp3) is 0.296. The molecule has 0 spiro atoms. The number of aromatic nitrogens is 5. The molecular weight excluding hydrogens is 442 g/mol. The highest BCUT2D eigenvalue weighted by atomic mass is 16.5. The lowest BCUT2D eigenvalue weighted by Gasteiger charge is -2.22. The smallest absolute Gasteiger partial charge is 0.339 e. The van der Waals surface area contributed by atoms with Crippen molar-refractivity contribution in [2.24, 2.45) is 0 Å². The standard InChI is InChI=1S/C27H25N5O3/c1-34-20-13-9-17(10-14-20)15-18-5-4-7-22-25(21-6-2-3-8-23(21)28-26(18)22)27(33)35-16-24-29-30-31-32(24)19-11-12-19/h2-3,6,8-10,13-15,19H,4-5,7,11-12,16H2,1H3/b18-15+. The number of pyridine rings is 1. The van der Waals surface area contributed by atoms with Crippen LogP contribution in [0.1, 0.15) is 64.7 Å². The molecule has 2 heterocycles. The second-order valence-corrected chi connectivity index (χ2v) is 8.97. The third kappa shape index (κ3) is 4.16. The topological polar surface area (TPSA) is 92.0 Å². The zero-order valence-corrected chi connectivity index (χ0v) is 19.5. The van der Waals surface area contributed by atoms with Crippen molar-refractivity contribution < 1.29 is 14.3 Å². The van der Waals surface area contributed by atoms with Crippen LogP contribution >= 0.6 is 0 Å². The third-order valence-corrected chi connectivity index (χ3v) is 6.62. The fourth-order valence-corrected chi connectivity index (χ4v) is 4.72. The quantitative estimate of drug-likeness (QED) is 0.376. The van der Waals surface area contributed by atoms with Crippen LogP contribution in [0.15, 0.2) is 48.5 Å². The van der Waals surface area contributed by atoms with Crippen LogP contribution in [-0.2, 0) is 17.8 Å². The molecule has 0 bridgehead atoms. The van der Waals surface area contributed by atoms with E-state index in [1.54, 1.807) is 11.8 Å². The van der Waals surface area contributed by atoms with Gasteiger partial charge in [0.2, 0.25) is 0 Å². The number of para-hydroxylation sites is 1. The second kappa shape index (κ2) is 8.94. The number of hydrogen-bond acceptors (Lipinski definition) is 7. The van der Waals surface area contributed by atoms with Gasteiger partial charge < -0.3 is 9.47 Å². The Balaban J connectivity index is 1.38. The number of fused-ring (bicyclic) bond motifs is 2. The van der Waals surface area contributed by atoms with Crippen LogP contribution in [0.4, 0.5) is 0 Å². The minimum Gasteiger partial charge on any atom is -0.497 e. The summed E-state index contributed by atoms with van der Waals surface area (Å²) in [4.78, 5) is 18.5. The van der Waals surface area contributed by atoms with E-state index in [1.807, 2.05) is 48.5 Å². The molecule has 176 valence electrons. The van der Waals surface area contributed by atoms with Gasteiger partial charge in [-0.05, 0) is 83.5 Å². The molecule has 0 saturated heterocycles. The highest BCUT2D eigenvalue weighted by Crippen LogP contribution is 2.37. The maximum absolute atomic E-state index is 13.5. The summed E-state index contributed by atoms with van der Waals surface area (Å²) < 4.78 is 12.8. The molecular formula is C27H25N5O3. The molecule has 2 aromatic heterocycles. The largest absolute Gasteiger partial charge is 0.497 e. The van der Waals surface area contributed by atoms with E-state index < -0.39 is 0 Å². The summed E-state index contributed by atoms with van der Waals surface area (Å²) in [5.74, 6) is 1.03. The molecule has 0 unspecified atom stereocenters. The van der Waals surface area contributed by atoms with Crippen molar-refractivity contribution in [1.82, 2.24) is 25.2 Å². The summed E-state index contributed by atoms with van der Waals surface area (Å²) in [7, 11) is 1.66. The Hall–Kier alpha value is -4.07. The van der Waals surface area contributed by atoms with E-state index in [-0.39, 0.29) is 12.6 Å². The van der Waals surface area contributed by atoms with Crippen molar-refractivity contribution in [2.75, 3.05) is 7.11 Å². The van der Waals surface area contributed by atoms with Crippen molar-refractivity contribution in [3.05, 3.63) is 76.7 Å². The summed E-state index contributed by atoms with van der Waals surface area (Å²) in [6, 6.07) is 16.0. The van der Waals surface area contributed by atoms with E-state index in [0.29, 0.717) is 17.4 Å². The Morgan fingerprint density at radius 2 is 1.94 bits per heavy atom. The monoisotopic (exact) mass is 467 g/mol. The van der Waals surface area contributed by atoms with Gasteiger partial charge in [-0.25, -0.2) is 14.5 Å². The molecule has 6 rings (SSSR count). The summed E-state index contributed by atoms with van der Waals surface area (Å²) in [6.45, 7) is 0.0439. The Labute approximate surface area is 202 Å². The number of ether oxygens (including phenoxy) is 2. The molecule has 0 amide bonds. The Kier molecular flexibility index (Phi) is 5.48. The number of carbonyl (C=O) groups is 1. The average Bonchev–Trinajstić information content (AvgIpc) is 3.63. The van der Waals surface area contributed by atoms with Crippen molar-refractivity contribution >= 4 is 28.5 Å². The molecule has 0 radical (unpaired) electrons. The van der Waals surface area contributed by atoms with E-state index in [0.717, 1.165) is 71.2 Å². The molecule has 8 nitrogen and oxygen atoms in total. The van der Waals surface area contributed by atoms with Crippen LogP contribution in [0, 0.1) is 0 Å². The highest BCUT2D eigenvalue weighted by Gasteiger charge is 2.29. The van der Waals surface area contributed by atoms with Gasteiger partial charge in [-0.1, -0.05) is 30.3 Å². The first-order valence-corrected chi connectivity index (χ1v) is 11.9. The van der Waals surface area contributed by atoms with Gasteiger partial charge in [0.25, 0.3) is 0 Å². The van der Waals surface area contributed by atoms with Crippen LogP contribution in [0.5, 0.6) is 5.75 Å². The maximum atomic E-state index is 13.5. The Morgan fingerprint density at radius 3 is 2.74 bits per heavy atom. The minimum atomic E-state index is -0.365. The lowest BCUT2D eigenvalue weighted by molar-refractivity contribution is 0.0457. The molecule has 8 heteroatoms. The fourth-order valence-electron chi connectivity index (χ4n) is 4.72. The van der Waals surface area contributed by atoms with Crippen LogP contribution in [-0.4, -0.2) is 38.3 Å². The molecule has 2 aliphatic carbocycles. The molecule has 0 atom stereocenters. The number of carbonyl (C=O) groups excluding carboxylic acids is 1. The number of esters is 1. The molecule has 35 heavy (non-hydrogen) atoms. The lowest BCUT2D eigenvalue weighted by Crippen LogP contribution is -2.16. The summed E-state index contributed by atoms with van der Waals surface area (Å²) in [5, 5.41) is 12.7. The van der Waals surface area contributed by atoms with Gasteiger partial charge in [0.05, 0.1) is 29.9 Å². The molecule has 0 aliphatic heterocycles. The number of hydrogen-bond donors (Lipinski definition) is 0. The van der Waals surface area contributed by atoms with Crippen molar-refractivity contribution in [3.8, 4) is 5.75 Å². The van der Waals surface area contributed by atoms with Crippen molar-refractivity contribution in [1.29, 1.82) is 0 Å². The van der Waals surface area contributed by atoms with Gasteiger partial charge in [-0.15, -0.1) is 5.10 Å². The SMILES string of the molecule is COc1ccc(/C=C2\CCCc3c2nc2ccccc2c3C(=O)OCc2nnnn2C2CC2)cc1. The van der Waals surface area contributed by atoms with Crippen molar-refractivity contribution in [2.45, 2.75) is 44.8 Å². The minimum absolute atomic E-state index is 0.0439. The van der Waals surface area contributed by atoms with E-state index >= 15 is 0 Å². The predicted octanol–water partition coefficient (Wildman–Crippen LogP) is 4.80. The maximum Gasteiger partial charge on any atom is 0.339 e. The number of tetrazole rings is 1. The van der Waals surface area contributed by atoms with E-state index in [4.69, 9.17) is 14.5 Å². The van der Waals surface area contributed by atoms with Crippen LogP contribution < -0.4 is 4.74 Å². The van der Waals surface area contributed by atoms with Gasteiger partial charge in [-0.3, -0.25) is 0 Å². The highest BCUT2D eigenvalue weighted by molar-refractivity contribution is 6.06. The zero-order chi connectivity index (χ0) is 23.8. The number of allylic oxidation sites excluding steroid dienone is 1. The van der Waals surface area contributed by atoms with E-state index in [1.165, 1.54) is 0 Å². The second-order valence-electron chi connectivity index (χ2n) is 8.97. The number of nitrogens with zero attached hydrogens (tertiary/aromatic N) is 5. The van der Waals surface area contributed by atoms with Gasteiger partial charge in [-0.2, -0.15) is 0 Å². The first-order chi connectivity index (χ1) is 17.2. The first-order valence-electron chi connectivity index (χ1n) is 11.9. The van der Waals surface area contributed by atoms with Gasteiger partial charge in [0.15, 0.2) is 12.4 Å². The molecule has 0 N–H and O–H groups in total. The molecule has 2 aliphatic rings. The summed E-state index contributed by atoms with van der Waals surface area (Å²) >= 11 is 0. The Morgan fingerprint density at radius 1 is 1.11 bits per heavy atom. The van der Waals surface area contributed by atoms with Crippen molar-refractivity contribution in [3.63, 3.8) is 0 Å². The van der Waals surface area contributed by atoms with Gasteiger partial charge in [0.1, 0.15) is 5.75 Å². The van der Waals surface area contributed by atoms with Crippen LogP contribution in [0.3, 0.4) is 0 Å². The number of rotatable bonds is 6. The number of methoxy groups -OCH3 is 1. The molecule has 2 aromatic carbocycles. The summed E-state index contributed by atoms with van der Waals surface area (Å²) in [6.07, 6.45) is 6.87. The molecule has 1 saturated carbocycles. The van der Waals surface area contributed by atoms with E-state index in [2.05, 4.69) is 21.6 Å². The predicted molar refractivity (Wildman–Crippen MR) is 131 cm³/mol. The van der Waals surface area contributed by atoms with Gasteiger partial charge in [0, 0.05) is 5.39 Å².